The fourth-order valence-corrected chi connectivity index (χ4v) is 5.24. The minimum atomic E-state index is -1.26. The number of fused-ring (bicyclic) bond motifs is 1. The molecule has 2 saturated heterocycles. The van der Waals surface area contributed by atoms with Crippen LogP contribution in [0.1, 0.15) is 17.2 Å². The summed E-state index contributed by atoms with van der Waals surface area (Å²) in [7, 11) is 0. The van der Waals surface area contributed by atoms with Crippen LogP contribution in [0.5, 0.6) is 0 Å². The Morgan fingerprint density at radius 2 is 1.12 bits per heavy atom. The zero-order valence-corrected chi connectivity index (χ0v) is 18.3. The molecule has 2 aliphatic rings. The summed E-state index contributed by atoms with van der Waals surface area (Å²) in [5.41, 5.74) is 1.72. The highest BCUT2D eigenvalue weighted by Crippen LogP contribution is 2.57. The molecule has 4 aromatic carbocycles. The van der Waals surface area contributed by atoms with Crippen molar-refractivity contribution in [3.8, 4) is 0 Å². The first-order valence-corrected chi connectivity index (χ1v) is 11.3. The number of hydrogen-bond donors (Lipinski definition) is 0. The Morgan fingerprint density at radius 1 is 0.618 bits per heavy atom. The molecule has 3 atom stereocenters. The molecule has 5 heteroatoms. The first-order chi connectivity index (χ1) is 16.7. The van der Waals surface area contributed by atoms with Crippen molar-refractivity contribution in [1.82, 2.24) is 0 Å². The fourth-order valence-electron chi connectivity index (χ4n) is 5.24. The second-order valence-corrected chi connectivity index (χ2v) is 8.51. The van der Waals surface area contributed by atoms with Gasteiger partial charge in [0.15, 0.2) is 6.10 Å². The van der Waals surface area contributed by atoms with E-state index in [1.54, 1.807) is 17.2 Å². The minimum Gasteiger partial charge on any atom is -0.273 e. The minimum absolute atomic E-state index is 0.285. The number of hydrogen-bond acceptors (Lipinski definition) is 4. The summed E-state index contributed by atoms with van der Waals surface area (Å²) in [6, 6.07) is 37.5. The molecule has 34 heavy (non-hydrogen) atoms. The van der Waals surface area contributed by atoms with E-state index in [4.69, 9.17) is 4.84 Å². The third-order valence-corrected chi connectivity index (χ3v) is 6.69. The number of carbonyl (C=O) groups is 2. The van der Waals surface area contributed by atoms with Gasteiger partial charge in [0.1, 0.15) is 11.5 Å². The molecular weight excluding hydrogens is 424 g/mol. The van der Waals surface area contributed by atoms with E-state index < -0.39 is 17.6 Å². The number of rotatable bonds is 4. The molecular formula is C29H22N2O3. The number of carbonyl (C=O) groups excluding carboxylic acids is 2. The van der Waals surface area contributed by atoms with Crippen LogP contribution in [-0.4, -0.2) is 17.9 Å². The SMILES string of the molecule is O=C1C2ON(c3ccccc3)C(c3ccccc3)C2(c2ccccc2)C(=O)N1c1ccccc1. The van der Waals surface area contributed by atoms with Gasteiger partial charge in [-0.05, 0) is 35.4 Å². The quantitative estimate of drug-likeness (QED) is 0.411. The number of imide groups is 1. The van der Waals surface area contributed by atoms with Crippen molar-refractivity contribution < 1.29 is 14.4 Å². The first-order valence-electron chi connectivity index (χ1n) is 11.3. The molecule has 0 radical (unpaired) electrons. The van der Waals surface area contributed by atoms with Gasteiger partial charge in [0.05, 0.1) is 11.4 Å². The van der Waals surface area contributed by atoms with E-state index in [0.29, 0.717) is 5.69 Å². The van der Waals surface area contributed by atoms with Gasteiger partial charge < -0.3 is 0 Å². The molecule has 6 rings (SSSR count). The highest BCUT2D eigenvalue weighted by molar-refractivity contribution is 6.28. The number of hydroxylamine groups is 1. The van der Waals surface area contributed by atoms with Crippen LogP contribution in [0.15, 0.2) is 121 Å². The third-order valence-electron chi connectivity index (χ3n) is 6.69. The highest BCUT2D eigenvalue weighted by atomic mass is 16.7. The third kappa shape index (κ3) is 2.84. The topological polar surface area (TPSA) is 49.9 Å². The van der Waals surface area contributed by atoms with E-state index in [2.05, 4.69) is 0 Å². The molecule has 0 spiro atoms. The molecule has 3 unspecified atom stereocenters. The predicted octanol–water partition coefficient (Wildman–Crippen LogP) is 5.06. The van der Waals surface area contributed by atoms with E-state index in [0.717, 1.165) is 16.8 Å². The Hall–Kier alpha value is -4.22. The molecule has 4 aromatic rings. The lowest BCUT2D eigenvalue weighted by Crippen LogP contribution is -2.46. The maximum atomic E-state index is 14.5. The Labute approximate surface area is 197 Å². The lowest BCUT2D eigenvalue weighted by Gasteiger charge is -2.35. The van der Waals surface area contributed by atoms with Crippen molar-refractivity contribution >= 4 is 23.2 Å². The summed E-state index contributed by atoms with van der Waals surface area (Å²) >= 11 is 0. The monoisotopic (exact) mass is 446 g/mol. The van der Waals surface area contributed by atoms with Crippen LogP contribution in [-0.2, 0) is 19.8 Å². The van der Waals surface area contributed by atoms with Gasteiger partial charge in [0, 0.05) is 0 Å². The summed E-state index contributed by atoms with van der Waals surface area (Å²) in [6.07, 6.45) is -1.01. The molecule has 5 nitrogen and oxygen atoms in total. The number of benzene rings is 4. The van der Waals surface area contributed by atoms with Crippen molar-refractivity contribution in [3.63, 3.8) is 0 Å². The van der Waals surface area contributed by atoms with Gasteiger partial charge in [-0.2, -0.15) is 0 Å². The maximum absolute atomic E-state index is 14.5. The van der Waals surface area contributed by atoms with Crippen molar-refractivity contribution in [1.29, 1.82) is 0 Å². The average molecular weight is 447 g/mol. The van der Waals surface area contributed by atoms with Crippen LogP contribution in [0.3, 0.4) is 0 Å². The molecule has 0 aromatic heterocycles. The second-order valence-electron chi connectivity index (χ2n) is 8.51. The van der Waals surface area contributed by atoms with Gasteiger partial charge in [-0.3, -0.25) is 14.4 Å². The average Bonchev–Trinajstić information content (AvgIpc) is 3.37. The van der Waals surface area contributed by atoms with E-state index in [9.17, 15) is 9.59 Å². The Balaban J connectivity index is 1.62. The smallest absolute Gasteiger partial charge is 0.267 e. The molecule has 2 heterocycles. The Kier molecular flexibility index (Phi) is 4.78. The number of para-hydroxylation sites is 2. The summed E-state index contributed by atoms with van der Waals surface area (Å²) in [5.74, 6) is -0.647. The molecule has 166 valence electrons. The van der Waals surface area contributed by atoms with Crippen LogP contribution in [0.25, 0.3) is 0 Å². The van der Waals surface area contributed by atoms with Crippen LogP contribution in [0.4, 0.5) is 11.4 Å². The van der Waals surface area contributed by atoms with Crippen LogP contribution in [0, 0.1) is 0 Å². The predicted molar refractivity (Wildman–Crippen MR) is 130 cm³/mol. The fraction of sp³-hybridized carbons (Fsp3) is 0.103. The van der Waals surface area contributed by atoms with E-state index in [1.807, 2.05) is 109 Å². The Morgan fingerprint density at radius 3 is 1.71 bits per heavy atom. The van der Waals surface area contributed by atoms with Gasteiger partial charge in [0.25, 0.3) is 5.91 Å². The zero-order valence-electron chi connectivity index (χ0n) is 18.3. The summed E-state index contributed by atoms with van der Waals surface area (Å²) < 4.78 is 0. The molecule has 2 aliphatic heterocycles. The highest BCUT2D eigenvalue weighted by Gasteiger charge is 2.72. The van der Waals surface area contributed by atoms with Crippen LogP contribution >= 0.6 is 0 Å². The Bertz CT molecular complexity index is 1330. The molecule has 2 amide bonds. The number of nitrogens with zero attached hydrogens (tertiary/aromatic N) is 2. The lowest BCUT2D eigenvalue weighted by atomic mass is 9.69. The van der Waals surface area contributed by atoms with E-state index in [1.165, 1.54) is 4.90 Å². The zero-order chi connectivity index (χ0) is 23.1. The van der Waals surface area contributed by atoms with Gasteiger partial charge in [-0.1, -0.05) is 97.1 Å². The normalized spacial score (nSPS) is 23.9. The number of anilines is 2. The molecule has 2 fully saturated rings. The molecule has 0 aliphatic carbocycles. The number of amides is 2. The lowest BCUT2D eigenvalue weighted by molar-refractivity contribution is -0.126. The van der Waals surface area contributed by atoms with Crippen molar-refractivity contribution in [2.45, 2.75) is 17.6 Å². The molecule has 0 saturated carbocycles. The van der Waals surface area contributed by atoms with Crippen molar-refractivity contribution in [2.24, 2.45) is 0 Å². The largest absolute Gasteiger partial charge is 0.273 e. The van der Waals surface area contributed by atoms with Gasteiger partial charge in [-0.25, -0.2) is 9.96 Å². The van der Waals surface area contributed by atoms with Crippen molar-refractivity contribution in [2.75, 3.05) is 9.96 Å². The van der Waals surface area contributed by atoms with Crippen molar-refractivity contribution in [3.05, 3.63) is 132 Å². The van der Waals surface area contributed by atoms with E-state index in [-0.39, 0.29) is 11.8 Å². The van der Waals surface area contributed by atoms with E-state index >= 15 is 0 Å². The standard InChI is InChI=1S/C29H22N2O3/c32-27-26-29(22-15-7-2-8-16-22,28(33)30(27)23-17-9-3-10-18-23)25(21-13-5-1-6-14-21)31(34-26)24-19-11-4-12-20-24/h1-20,25-26H. The first kappa shape index (κ1) is 20.4. The second kappa shape index (κ2) is 7.97. The summed E-state index contributed by atoms with van der Waals surface area (Å²) in [6.45, 7) is 0. The maximum Gasteiger partial charge on any atom is 0.267 e. The van der Waals surface area contributed by atoms with Gasteiger partial charge in [0.2, 0.25) is 5.91 Å². The summed E-state index contributed by atoms with van der Waals surface area (Å²) in [4.78, 5) is 36.1. The molecule has 0 N–H and O–H groups in total. The molecule has 0 bridgehead atoms. The van der Waals surface area contributed by atoms with Crippen LogP contribution in [0.2, 0.25) is 0 Å². The van der Waals surface area contributed by atoms with Gasteiger partial charge in [-0.15, -0.1) is 0 Å². The van der Waals surface area contributed by atoms with Gasteiger partial charge >= 0.3 is 0 Å². The van der Waals surface area contributed by atoms with Crippen LogP contribution < -0.4 is 9.96 Å². The summed E-state index contributed by atoms with van der Waals surface area (Å²) in [5, 5.41) is 1.74.